The minimum atomic E-state index is 0.578. The normalized spacial score (nSPS) is 10.4. The molecule has 0 bridgehead atoms. The highest BCUT2D eigenvalue weighted by Crippen LogP contribution is 2.12. The van der Waals surface area contributed by atoms with E-state index in [0.717, 1.165) is 18.7 Å². The van der Waals surface area contributed by atoms with Crippen LogP contribution in [0.1, 0.15) is 5.56 Å². The molecule has 0 atom stereocenters. The van der Waals surface area contributed by atoms with Crippen LogP contribution in [0.3, 0.4) is 0 Å². The molecule has 0 heterocycles. The van der Waals surface area contributed by atoms with E-state index in [1.54, 1.807) is 0 Å². The number of halogens is 1. The van der Waals surface area contributed by atoms with Crippen LogP contribution in [0.25, 0.3) is 0 Å². The van der Waals surface area contributed by atoms with Gasteiger partial charge in [-0.05, 0) is 24.1 Å². The summed E-state index contributed by atoms with van der Waals surface area (Å²) in [7, 11) is 0. The third kappa shape index (κ3) is 5.35. The van der Waals surface area contributed by atoms with E-state index in [0.29, 0.717) is 25.7 Å². The number of alkyl halides is 1. The maximum atomic E-state index is 5.66. The van der Waals surface area contributed by atoms with Crippen molar-refractivity contribution < 1.29 is 15.2 Å². The highest BCUT2D eigenvalue weighted by atomic mass is 35.5. The average Bonchev–Trinajstić information content (AvgIpc) is 2.31. The van der Waals surface area contributed by atoms with Gasteiger partial charge >= 0.3 is 0 Å². The highest BCUT2D eigenvalue weighted by molar-refractivity contribution is 6.17. The smallest absolute Gasteiger partial charge is 0.119 e. The molecule has 0 fully saturated rings. The Labute approximate surface area is 101 Å². The predicted molar refractivity (Wildman–Crippen MR) is 64.9 cm³/mol. The second-order valence-electron chi connectivity index (χ2n) is 3.40. The number of aryl methyl sites for hydroxylation is 1. The highest BCUT2D eigenvalue weighted by Gasteiger charge is 1.95. The molecule has 1 rings (SSSR count). The van der Waals surface area contributed by atoms with Gasteiger partial charge in [-0.1, -0.05) is 12.1 Å². The van der Waals surface area contributed by atoms with Crippen molar-refractivity contribution in [3.05, 3.63) is 29.8 Å². The molecule has 90 valence electrons. The Bertz CT molecular complexity index is 277. The molecule has 3 nitrogen and oxygen atoms in total. The number of ether oxygens (including phenoxy) is 2. The van der Waals surface area contributed by atoms with Gasteiger partial charge in [-0.25, -0.2) is 0 Å². The quantitative estimate of drug-likeness (QED) is 0.550. The molecule has 0 radical (unpaired) electrons. The van der Waals surface area contributed by atoms with Crippen molar-refractivity contribution in [1.82, 2.24) is 0 Å². The molecule has 0 saturated carbocycles. The van der Waals surface area contributed by atoms with E-state index in [2.05, 4.69) is 5.73 Å². The van der Waals surface area contributed by atoms with Crippen molar-refractivity contribution in [2.75, 3.05) is 32.2 Å². The monoisotopic (exact) mass is 244 g/mol. The fraction of sp³-hybridized carbons (Fsp3) is 0.500. The summed E-state index contributed by atoms with van der Waals surface area (Å²) in [6.45, 7) is 2.68. The summed E-state index contributed by atoms with van der Waals surface area (Å²) < 4.78 is 10.8. The lowest BCUT2D eigenvalue weighted by atomic mass is 10.2. The summed E-state index contributed by atoms with van der Waals surface area (Å²) in [5, 5.41) is 0. The van der Waals surface area contributed by atoms with E-state index in [1.807, 2.05) is 24.3 Å². The minimum Gasteiger partial charge on any atom is -0.491 e. The third-order valence-electron chi connectivity index (χ3n) is 2.09. The molecule has 0 spiro atoms. The lowest BCUT2D eigenvalue weighted by molar-refractivity contribution is -0.374. The van der Waals surface area contributed by atoms with Crippen LogP contribution in [-0.2, 0) is 11.2 Å². The predicted octanol–water partition coefficient (Wildman–Crippen LogP) is 1.11. The number of quaternary nitrogens is 1. The second-order valence-corrected chi connectivity index (χ2v) is 3.78. The van der Waals surface area contributed by atoms with E-state index < -0.39 is 0 Å². The molecule has 0 aliphatic heterocycles. The molecular formula is C12H19ClNO2+. The lowest BCUT2D eigenvalue weighted by Gasteiger charge is -2.06. The van der Waals surface area contributed by atoms with Gasteiger partial charge in [-0.15, -0.1) is 11.6 Å². The molecule has 0 saturated heterocycles. The fourth-order valence-corrected chi connectivity index (χ4v) is 1.50. The summed E-state index contributed by atoms with van der Waals surface area (Å²) in [6.07, 6.45) is 0.897. The summed E-state index contributed by atoms with van der Waals surface area (Å²) in [5.74, 6) is 1.52. The van der Waals surface area contributed by atoms with Crippen LogP contribution in [0.5, 0.6) is 5.75 Å². The van der Waals surface area contributed by atoms with Gasteiger partial charge in [0, 0.05) is 5.88 Å². The molecule has 16 heavy (non-hydrogen) atoms. The van der Waals surface area contributed by atoms with Crippen LogP contribution in [-0.4, -0.2) is 32.2 Å². The van der Waals surface area contributed by atoms with Gasteiger partial charge in [-0.3, -0.25) is 0 Å². The van der Waals surface area contributed by atoms with E-state index in [-0.39, 0.29) is 0 Å². The Morgan fingerprint density at radius 2 is 1.81 bits per heavy atom. The zero-order valence-electron chi connectivity index (χ0n) is 9.45. The molecule has 3 N–H and O–H groups in total. The first-order valence-corrected chi connectivity index (χ1v) is 6.05. The standard InChI is InChI=1S/C12H18ClNO2/c13-6-5-11-1-3-12(4-2-11)16-10-9-15-8-7-14/h1-4H,5-10,14H2/p+1. The van der Waals surface area contributed by atoms with Gasteiger partial charge in [0.05, 0.1) is 19.8 Å². The topological polar surface area (TPSA) is 46.1 Å². The molecule has 0 aliphatic carbocycles. The number of hydrogen-bond donors (Lipinski definition) is 1. The van der Waals surface area contributed by atoms with Gasteiger partial charge in [0.2, 0.25) is 0 Å². The molecule has 0 amide bonds. The lowest BCUT2D eigenvalue weighted by Crippen LogP contribution is -2.52. The van der Waals surface area contributed by atoms with Gasteiger partial charge in [0.1, 0.15) is 12.4 Å². The van der Waals surface area contributed by atoms with Gasteiger partial charge in [0.25, 0.3) is 0 Å². The van der Waals surface area contributed by atoms with Gasteiger partial charge in [-0.2, -0.15) is 0 Å². The Morgan fingerprint density at radius 3 is 2.44 bits per heavy atom. The Hall–Kier alpha value is -0.770. The molecule has 1 aromatic rings. The Morgan fingerprint density at radius 1 is 1.06 bits per heavy atom. The zero-order valence-corrected chi connectivity index (χ0v) is 10.2. The summed E-state index contributed by atoms with van der Waals surface area (Å²) in [6, 6.07) is 8.00. The summed E-state index contributed by atoms with van der Waals surface area (Å²) in [5.41, 5.74) is 4.92. The van der Waals surface area contributed by atoms with Gasteiger partial charge in [0.15, 0.2) is 0 Å². The molecule has 4 heteroatoms. The van der Waals surface area contributed by atoms with Crippen molar-refractivity contribution >= 4 is 11.6 Å². The summed E-state index contributed by atoms with van der Waals surface area (Å²) in [4.78, 5) is 0. The molecular weight excluding hydrogens is 226 g/mol. The zero-order chi connectivity index (χ0) is 11.6. The van der Waals surface area contributed by atoms with Crippen LogP contribution >= 0.6 is 11.6 Å². The first kappa shape index (κ1) is 13.3. The van der Waals surface area contributed by atoms with Crippen molar-refractivity contribution in [2.45, 2.75) is 6.42 Å². The Kier molecular flexibility index (Phi) is 6.97. The SMILES string of the molecule is [NH3+]CCOCCOc1ccc(CCCl)cc1. The largest absolute Gasteiger partial charge is 0.491 e. The third-order valence-corrected chi connectivity index (χ3v) is 2.28. The number of hydrogen-bond acceptors (Lipinski definition) is 2. The van der Waals surface area contributed by atoms with E-state index in [9.17, 15) is 0 Å². The van der Waals surface area contributed by atoms with Crippen LogP contribution in [0, 0.1) is 0 Å². The van der Waals surface area contributed by atoms with Crippen LogP contribution in [0.4, 0.5) is 0 Å². The van der Waals surface area contributed by atoms with Crippen LogP contribution in [0.2, 0.25) is 0 Å². The minimum absolute atomic E-state index is 0.578. The van der Waals surface area contributed by atoms with Crippen LogP contribution < -0.4 is 10.5 Å². The summed E-state index contributed by atoms with van der Waals surface area (Å²) >= 11 is 5.66. The van der Waals surface area contributed by atoms with E-state index in [4.69, 9.17) is 21.1 Å². The van der Waals surface area contributed by atoms with Crippen molar-refractivity contribution in [2.24, 2.45) is 0 Å². The van der Waals surface area contributed by atoms with E-state index in [1.165, 1.54) is 5.56 Å². The second kappa shape index (κ2) is 8.39. The maximum absolute atomic E-state index is 5.66. The van der Waals surface area contributed by atoms with Crippen molar-refractivity contribution in [3.8, 4) is 5.75 Å². The van der Waals surface area contributed by atoms with Crippen LogP contribution in [0.15, 0.2) is 24.3 Å². The maximum Gasteiger partial charge on any atom is 0.119 e. The number of rotatable bonds is 8. The molecule has 1 aromatic carbocycles. The first-order valence-electron chi connectivity index (χ1n) is 5.51. The Balaban J connectivity index is 2.21. The van der Waals surface area contributed by atoms with Gasteiger partial charge < -0.3 is 15.2 Å². The van der Waals surface area contributed by atoms with Crippen molar-refractivity contribution in [3.63, 3.8) is 0 Å². The fourth-order valence-electron chi connectivity index (χ4n) is 1.28. The molecule has 0 aromatic heterocycles. The van der Waals surface area contributed by atoms with E-state index >= 15 is 0 Å². The van der Waals surface area contributed by atoms with Crippen molar-refractivity contribution in [1.29, 1.82) is 0 Å². The first-order chi connectivity index (χ1) is 7.86. The average molecular weight is 245 g/mol. The number of benzene rings is 1. The molecule has 0 unspecified atom stereocenters. The molecule has 0 aliphatic rings.